The number of benzene rings is 3. The fourth-order valence-electron chi connectivity index (χ4n) is 5.09. The molecule has 1 aliphatic rings. The van der Waals surface area contributed by atoms with Crippen molar-refractivity contribution in [2.75, 3.05) is 12.4 Å². The number of nitrogens with one attached hydrogen (secondary N) is 1. The van der Waals surface area contributed by atoms with Gasteiger partial charge in [-0.25, -0.2) is 14.6 Å². The second-order valence-electron chi connectivity index (χ2n) is 9.59. The Balaban J connectivity index is 1.27. The molecule has 0 spiro atoms. The SMILES string of the molecule is CCC(OC(=O)c1ccccc1-c1nc2ccccc2o1)C(=O)Nc1sc2c(c1C(=O)OC)CCc1ccccc1-2. The maximum Gasteiger partial charge on any atom is 0.341 e. The van der Waals surface area contributed by atoms with Crippen molar-refractivity contribution in [1.29, 1.82) is 0 Å². The lowest BCUT2D eigenvalue weighted by molar-refractivity contribution is -0.124. The van der Waals surface area contributed by atoms with E-state index in [1.807, 2.05) is 36.4 Å². The van der Waals surface area contributed by atoms with Crippen molar-refractivity contribution < 1.29 is 28.3 Å². The van der Waals surface area contributed by atoms with Gasteiger partial charge in [-0.15, -0.1) is 11.3 Å². The maximum absolute atomic E-state index is 13.4. The van der Waals surface area contributed by atoms with Gasteiger partial charge in [0.2, 0.25) is 5.89 Å². The summed E-state index contributed by atoms with van der Waals surface area (Å²) in [5.41, 5.74) is 5.38. The molecule has 0 bridgehead atoms. The van der Waals surface area contributed by atoms with Gasteiger partial charge in [0.1, 0.15) is 10.5 Å². The zero-order valence-electron chi connectivity index (χ0n) is 22.4. The number of rotatable bonds is 7. The van der Waals surface area contributed by atoms with Gasteiger partial charge in [-0.2, -0.15) is 0 Å². The molecule has 0 radical (unpaired) electrons. The summed E-state index contributed by atoms with van der Waals surface area (Å²) in [7, 11) is 1.32. The van der Waals surface area contributed by atoms with Crippen molar-refractivity contribution in [1.82, 2.24) is 4.98 Å². The number of ether oxygens (including phenoxy) is 2. The number of oxazole rings is 1. The van der Waals surface area contributed by atoms with Crippen molar-refractivity contribution in [3.63, 3.8) is 0 Å². The van der Waals surface area contributed by atoms with Gasteiger partial charge in [-0.3, -0.25) is 4.79 Å². The van der Waals surface area contributed by atoms with Crippen molar-refractivity contribution in [3.8, 4) is 21.9 Å². The number of aromatic nitrogens is 1. The van der Waals surface area contributed by atoms with Crippen LogP contribution in [-0.4, -0.2) is 36.0 Å². The zero-order valence-corrected chi connectivity index (χ0v) is 23.2. The minimum atomic E-state index is -1.10. The van der Waals surface area contributed by atoms with E-state index in [2.05, 4.69) is 16.4 Å². The van der Waals surface area contributed by atoms with Gasteiger partial charge in [0.25, 0.3) is 5.91 Å². The predicted molar refractivity (Wildman–Crippen MR) is 156 cm³/mol. The van der Waals surface area contributed by atoms with E-state index in [0.717, 1.165) is 22.4 Å². The Morgan fingerprint density at radius 3 is 2.46 bits per heavy atom. The number of esters is 2. The molecule has 0 aliphatic heterocycles. The van der Waals surface area contributed by atoms with Crippen LogP contribution in [-0.2, 0) is 27.1 Å². The van der Waals surface area contributed by atoms with Gasteiger partial charge in [-0.05, 0) is 60.2 Å². The summed E-state index contributed by atoms with van der Waals surface area (Å²) < 4.78 is 16.7. The number of aryl methyl sites for hydroxylation is 1. The fourth-order valence-corrected chi connectivity index (χ4v) is 6.39. The van der Waals surface area contributed by atoms with Crippen LogP contribution >= 0.6 is 11.3 Å². The Bertz CT molecular complexity index is 1770. The molecule has 1 unspecified atom stereocenters. The summed E-state index contributed by atoms with van der Waals surface area (Å²) in [4.78, 5) is 45.1. The number of amides is 1. The summed E-state index contributed by atoms with van der Waals surface area (Å²) in [5.74, 6) is -1.45. The topological polar surface area (TPSA) is 108 Å². The number of fused-ring (bicyclic) bond motifs is 4. The highest BCUT2D eigenvalue weighted by molar-refractivity contribution is 7.20. The van der Waals surface area contributed by atoms with Crippen LogP contribution in [0.15, 0.2) is 77.2 Å². The first-order valence-corrected chi connectivity index (χ1v) is 14.1. The molecule has 2 aromatic heterocycles. The van der Waals surface area contributed by atoms with Crippen LogP contribution in [0, 0.1) is 0 Å². The van der Waals surface area contributed by atoms with Gasteiger partial charge < -0.3 is 19.2 Å². The average Bonchev–Trinajstić information content (AvgIpc) is 3.61. The Hall–Kier alpha value is -4.76. The maximum atomic E-state index is 13.4. The van der Waals surface area contributed by atoms with Crippen molar-refractivity contribution >= 4 is 45.3 Å². The number of carbonyl (C=O) groups is 3. The zero-order chi connectivity index (χ0) is 28.5. The standard InChI is InChI=1S/C32H26N2O6S/c1-3-24(40-31(36)21-13-7-6-12-20(21)29-33-23-14-8-9-15-25(23)39-29)28(35)34-30-26(32(37)38-2)22-17-16-18-10-4-5-11-19(18)27(22)41-30/h4-15,24H,3,16-17H2,1-2H3,(H,34,35). The van der Waals surface area contributed by atoms with E-state index in [1.54, 1.807) is 37.3 Å². The molecule has 1 aliphatic carbocycles. The summed E-state index contributed by atoms with van der Waals surface area (Å²) in [6.07, 6.45) is 0.564. The van der Waals surface area contributed by atoms with E-state index in [0.29, 0.717) is 33.6 Å². The number of thiophene rings is 1. The number of hydrogen-bond acceptors (Lipinski definition) is 8. The molecule has 1 atom stereocenters. The molecule has 206 valence electrons. The summed E-state index contributed by atoms with van der Waals surface area (Å²) in [6.45, 7) is 1.75. The Morgan fingerprint density at radius 2 is 1.68 bits per heavy atom. The molecule has 3 aromatic carbocycles. The molecule has 1 N–H and O–H groups in total. The minimum Gasteiger partial charge on any atom is -0.465 e. The fraction of sp³-hybridized carbons (Fsp3) is 0.188. The van der Waals surface area contributed by atoms with Gasteiger partial charge >= 0.3 is 11.9 Å². The normalized spacial score (nSPS) is 12.7. The lowest BCUT2D eigenvalue weighted by Gasteiger charge is -2.17. The van der Waals surface area contributed by atoms with Gasteiger partial charge in [0.15, 0.2) is 11.7 Å². The molecule has 41 heavy (non-hydrogen) atoms. The highest BCUT2D eigenvalue weighted by Gasteiger charge is 2.31. The van der Waals surface area contributed by atoms with Crippen LogP contribution < -0.4 is 5.32 Å². The molecule has 1 amide bonds. The van der Waals surface area contributed by atoms with Crippen LogP contribution in [0.4, 0.5) is 5.00 Å². The van der Waals surface area contributed by atoms with Crippen LogP contribution in [0.25, 0.3) is 33.0 Å². The number of carbonyl (C=O) groups excluding carboxylic acids is 3. The van der Waals surface area contributed by atoms with E-state index in [9.17, 15) is 14.4 Å². The van der Waals surface area contributed by atoms with Crippen LogP contribution in [0.5, 0.6) is 0 Å². The van der Waals surface area contributed by atoms with Crippen molar-refractivity contribution in [2.45, 2.75) is 32.3 Å². The number of methoxy groups -OCH3 is 1. The number of hydrogen-bond donors (Lipinski definition) is 1. The van der Waals surface area contributed by atoms with E-state index in [-0.39, 0.29) is 17.9 Å². The molecular weight excluding hydrogens is 540 g/mol. The third kappa shape index (κ3) is 4.89. The second kappa shape index (κ2) is 11.0. The third-order valence-corrected chi connectivity index (χ3v) is 8.30. The van der Waals surface area contributed by atoms with Crippen LogP contribution in [0.1, 0.15) is 45.2 Å². The molecule has 2 heterocycles. The van der Waals surface area contributed by atoms with Gasteiger partial charge in [-0.1, -0.05) is 55.5 Å². The minimum absolute atomic E-state index is 0.226. The average molecular weight is 567 g/mol. The second-order valence-corrected chi connectivity index (χ2v) is 10.6. The lowest BCUT2D eigenvalue weighted by atomic mass is 9.89. The number of para-hydroxylation sites is 2. The van der Waals surface area contributed by atoms with Crippen LogP contribution in [0.3, 0.4) is 0 Å². The number of nitrogens with zero attached hydrogens (tertiary/aromatic N) is 1. The van der Waals surface area contributed by atoms with E-state index in [4.69, 9.17) is 13.9 Å². The Labute approximate surface area is 239 Å². The van der Waals surface area contributed by atoms with E-state index >= 15 is 0 Å². The predicted octanol–water partition coefficient (Wildman–Crippen LogP) is 6.68. The molecule has 0 fully saturated rings. The summed E-state index contributed by atoms with van der Waals surface area (Å²) in [5, 5.41) is 3.24. The highest BCUT2D eigenvalue weighted by atomic mass is 32.1. The van der Waals surface area contributed by atoms with E-state index in [1.165, 1.54) is 24.0 Å². The van der Waals surface area contributed by atoms with Gasteiger partial charge in [0.05, 0.1) is 23.8 Å². The first-order valence-electron chi connectivity index (χ1n) is 13.3. The molecule has 5 aromatic rings. The molecule has 0 saturated heterocycles. The Morgan fingerprint density at radius 1 is 0.951 bits per heavy atom. The largest absolute Gasteiger partial charge is 0.465 e. The molecule has 8 nitrogen and oxygen atoms in total. The molecule has 0 saturated carbocycles. The smallest absolute Gasteiger partial charge is 0.341 e. The first kappa shape index (κ1) is 26.5. The van der Waals surface area contributed by atoms with Crippen LogP contribution in [0.2, 0.25) is 0 Å². The summed E-state index contributed by atoms with van der Waals surface area (Å²) >= 11 is 1.33. The van der Waals surface area contributed by atoms with Gasteiger partial charge in [0, 0.05) is 4.88 Å². The Kier molecular flexibility index (Phi) is 7.11. The van der Waals surface area contributed by atoms with E-state index < -0.39 is 23.9 Å². The summed E-state index contributed by atoms with van der Waals surface area (Å²) in [6, 6.07) is 22.2. The van der Waals surface area contributed by atoms with Crippen molar-refractivity contribution in [2.24, 2.45) is 0 Å². The monoisotopic (exact) mass is 566 g/mol. The van der Waals surface area contributed by atoms with Crippen molar-refractivity contribution in [3.05, 3.63) is 95.1 Å². The third-order valence-electron chi connectivity index (χ3n) is 7.12. The molecule has 6 rings (SSSR count). The quantitative estimate of drug-likeness (QED) is 0.219. The first-order chi connectivity index (χ1) is 20.0. The number of anilines is 1. The molecular formula is C32H26N2O6S. The highest BCUT2D eigenvalue weighted by Crippen LogP contribution is 2.45. The lowest BCUT2D eigenvalue weighted by Crippen LogP contribution is -2.32. The molecule has 9 heteroatoms.